The van der Waals surface area contributed by atoms with Crippen LogP contribution >= 0.6 is 11.6 Å². The van der Waals surface area contributed by atoms with Crippen LogP contribution < -0.4 is 0 Å². The normalized spacial score (nSPS) is 12.1. The minimum Gasteiger partial charge on any atom is -0.303 e. The zero-order chi connectivity index (χ0) is 12.1. The van der Waals surface area contributed by atoms with Crippen LogP contribution in [0.5, 0.6) is 0 Å². The molecule has 2 aromatic rings. The average Bonchev–Trinajstić information content (AvgIpc) is 2.37. The fourth-order valence-corrected chi connectivity index (χ4v) is 2.05. The summed E-state index contributed by atoms with van der Waals surface area (Å²) in [5, 5.41) is 0.669. The summed E-state index contributed by atoms with van der Waals surface area (Å²) in [6.45, 7) is 0. The first-order valence-electron chi connectivity index (χ1n) is 5.54. The van der Waals surface area contributed by atoms with E-state index in [4.69, 9.17) is 11.6 Å². The first-order chi connectivity index (χ1) is 8.29. The lowest BCUT2D eigenvalue weighted by atomic mass is 9.93. The largest absolute Gasteiger partial charge is 0.303 e. The standard InChI is InChI=1S/C15H13ClO/c16-15-8-4-7-13(10-15)14(11-17)9-12-5-2-1-3-6-12/h1-8,10-11,14H,9H2. The van der Waals surface area contributed by atoms with E-state index in [0.717, 1.165) is 17.4 Å². The minimum atomic E-state index is -0.129. The Balaban J connectivity index is 2.20. The van der Waals surface area contributed by atoms with Gasteiger partial charge < -0.3 is 4.79 Å². The molecule has 0 saturated carbocycles. The molecular weight excluding hydrogens is 232 g/mol. The highest BCUT2D eigenvalue weighted by molar-refractivity contribution is 6.30. The second kappa shape index (κ2) is 5.65. The highest BCUT2D eigenvalue weighted by atomic mass is 35.5. The first kappa shape index (κ1) is 11.9. The van der Waals surface area contributed by atoms with E-state index in [1.807, 2.05) is 54.6 Å². The molecule has 0 heterocycles. The van der Waals surface area contributed by atoms with Crippen LogP contribution in [0.2, 0.25) is 5.02 Å². The van der Waals surface area contributed by atoms with E-state index in [-0.39, 0.29) is 5.92 Å². The fourth-order valence-electron chi connectivity index (χ4n) is 1.85. The van der Waals surface area contributed by atoms with Crippen LogP contribution in [0, 0.1) is 0 Å². The van der Waals surface area contributed by atoms with Crippen molar-refractivity contribution in [2.45, 2.75) is 12.3 Å². The van der Waals surface area contributed by atoms with Crippen molar-refractivity contribution in [2.75, 3.05) is 0 Å². The Kier molecular flexibility index (Phi) is 3.94. The van der Waals surface area contributed by atoms with Gasteiger partial charge in [0.25, 0.3) is 0 Å². The molecule has 17 heavy (non-hydrogen) atoms. The molecule has 2 rings (SSSR count). The van der Waals surface area contributed by atoms with Crippen LogP contribution in [-0.4, -0.2) is 6.29 Å². The van der Waals surface area contributed by atoms with Crippen LogP contribution in [-0.2, 0) is 11.2 Å². The zero-order valence-electron chi connectivity index (χ0n) is 9.34. The molecule has 0 spiro atoms. The monoisotopic (exact) mass is 244 g/mol. The quantitative estimate of drug-likeness (QED) is 0.747. The topological polar surface area (TPSA) is 17.1 Å². The van der Waals surface area contributed by atoms with Gasteiger partial charge in [0, 0.05) is 10.9 Å². The molecule has 0 bridgehead atoms. The van der Waals surface area contributed by atoms with Gasteiger partial charge in [-0.3, -0.25) is 0 Å². The Labute approximate surface area is 106 Å². The molecule has 0 radical (unpaired) electrons. The van der Waals surface area contributed by atoms with Gasteiger partial charge in [-0.25, -0.2) is 0 Å². The van der Waals surface area contributed by atoms with Crippen molar-refractivity contribution in [1.82, 2.24) is 0 Å². The minimum absolute atomic E-state index is 0.129. The summed E-state index contributed by atoms with van der Waals surface area (Å²) in [6, 6.07) is 17.5. The van der Waals surface area contributed by atoms with Crippen molar-refractivity contribution < 1.29 is 4.79 Å². The average molecular weight is 245 g/mol. The maximum atomic E-state index is 11.2. The third-order valence-corrected chi connectivity index (χ3v) is 2.97. The van der Waals surface area contributed by atoms with Gasteiger partial charge in [-0.05, 0) is 29.7 Å². The van der Waals surface area contributed by atoms with Crippen LogP contribution in [0.15, 0.2) is 54.6 Å². The van der Waals surface area contributed by atoms with Crippen molar-refractivity contribution >= 4 is 17.9 Å². The van der Waals surface area contributed by atoms with Gasteiger partial charge in [-0.1, -0.05) is 54.1 Å². The third kappa shape index (κ3) is 3.18. The number of carbonyl (C=O) groups excluding carboxylic acids is 1. The predicted molar refractivity (Wildman–Crippen MR) is 70.4 cm³/mol. The number of hydrogen-bond acceptors (Lipinski definition) is 1. The molecule has 0 aliphatic carbocycles. The summed E-state index contributed by atoms with van der Waals surface area (Å²) in [5.41, 5.74) is 2.13. The number of benzene rings is 2. The van der Waals surface area contributed by atoms with Crippen molar-refractivity contribution in [3.63, 3.8) is 0 Å². The second-order valence-corrected chi connectivity index (χ2v) is 4.42. The number of carbonyl (C=O) groups is 1. The van der Waals surface area contributed by atoms with Crippen LogP contribution in [0.25, 0.3) is 0 Å². The molecule has 0 saturated heterocycles. The number of rotatable bonds is 4. The van der Waals surface area contributed by atoms with E-state index in [1.165, 1.54) is 0 Å². The molecule has 0 amide bonds. The Bertz CT molecular complexity index is 493. The van der Waals surface area contributed by atoms with Crippen LogP contribution in [0.1, 0.15) is 17.0 Å². The lowest BCUT2D eigenvalue weighted by Gasteiger charge is -2.11. The maximum absolute atomic E-state index is 11.2. The molecule has 0 aromatic heterocycles. The molecule has 1 unspecified atom stereocenters. The smallest absolute Gasteiger partial charge is 0.127 e. The third-order valence-electron chi connectivity index (χ3n) is 2.74. The van der Waals surface area contributed by atoms with Gasteiger partial charge >= 0.3 is 0 Å². The van der Waals surface area contributed by atoms with Gasteiger partial charge in [0.15, 0.2) is 0 Å². The molecule has 86 valence electrons. The van der Waals surface area contributed by atoms with Gasteiger partial charge in [0.2, 0.25) is 0 Å². The number of halogens is 1. The molecular formula is C15H13ClO. The number of aldehydes is 1. The number of hydrogen-bond donors (Lipinski definition) is 0. The maximum Gasteiger partial charge on any atom is 0.127 e. The Hall–Kier alpha value is -1.60. The second-order valence-electron chi connectivity index (χ2n) is 3.99. The molecule has 2 heteroatoms. The molecule has 2 aromatic carbocycles. The molecule has 0 fully saturated rings. The molecule has 0 N–H and O–H groups in total. The van der Waals surface area contributed by atoms with Gasteiger partial charge in [-0.2, -0.15) is 0 Å². The highest BCUT2D eigenvalue weighted by Crippen LogP contribution is 2.21. The lowest BCUT2D eigenvalue weighted by molar-refractivity contribution is -0.109. The Morgan fingerprint density at radius 2 is 1.82 bits per heavy atom. The first-order valence-corrected chi connectivity index (χ1v) is 5.92. The lowest BCUT2D eigenvalue weighted by Crippen LogP contribution is -2.04. The van der Waals surface area contributed by atoms with E-state index < -0.39 is 0 Å². The highest BCUT2D eigenvalue weighted by Gasteiger charge is 2.11. The van der Waals surface area contributed by atoms with Gasteiger partial charge in [0.05, 0.1) is 0 Å². The van der Waals surface area contributed by atoms with Crippen molar-refractivity contribution in [2.24, 2.45) is 0 Å². The summed E-state index contributed by atoms with van der Waals surface area (Å²) < 4.78 is 0. The SMILES string of the molecule is O=CC(Cc1ccccc1)c1cccc(Cl)c1. The molecule has 1 atom stereocenters. The van der Waals surface area contributed by atoms with Crippen molar-refractivity contribution in [3.8, 4) is 0 Å². The van der Waals surface area contributed by atoms with Crippen molar-refractivity contribution in [1.29, 1.82) is 0 Å². The van der Waals surface area contributed by atoms with E-state index >= 15 is 0 Å². The summed E-state index contributed by atoms with van der Waals surface area (Å²) in [5.74, 6) is -0.129. The fraction of sp³-hybridized carbons (Fsp3) is 0.133. The van der Waals surface area contributed by atoms with Crippen LogP contribution in [0.4, 0.5) is 0 Å². The zero-order valence-corrected chi connectivity index (χ0v) is 10.1. The summed E-state index contributed by atoms with van der Waals surface area (Å²) in [6.07, 6.45) is 1.70. The van der Waals surface area contributed by atoms with Crippen LogP contribution in [0.3, 0.4) is 0 Å². The van der Waals surface area contributed by atoms with E-state index in [0.29, 0.717) is 11.4 Å². The van der Waals surface area contributed by atoms with Gasteiger partial charge in [-0.15, -0.1) is 0 Å². The molecule has 0 aliphatic rings. The van der Waals surface area contributed by atoms with E-state index in [1.54, 1.807) is 0 Å². The van der Waals surface area contributed by atoms with E-state index in [9.17, 15) is 4.79 Å². The molecule has 0 aliphatic heterocycles. The summed E-state index contributed by atoms with van der Waals surface area (Å²) in [4.78, 5) is 11.2. The molecule has 1 nitrogen and oxygen atoms in total. The Morgan fingerprint density at radius 1 is 1.06 bits per heavy atom. The predicted octanol–water partition coefficient (Wildman–Crippen LogP) is 3.87. The van der Waals surface area contributed by atoms with E-state index in [2.05, 4.69) is 0 Å². The summed E-state index contributed by atoms with van der Waals surface area (Å²) in [7, 11) is 0. The Morgan fingerprint density at radius 3 is 2.47 bits per heavy atom. The van der Waals surface area contributed by atoms with Gasteiger partial charge in [0.1, 0.15) is 6.29 Å². The van der Waals surface area contributed by atoms with Crippen molar-refractivity contribution in [3.05, 3.63) is 70.7 Å². The summed E-state index contributed by atoms with van der Waals surface area (Å²) >= 11 is 5.93.